The number of nitrogens with zero attached hydrogens (tertiary/aromatic N) is 1. The van der Waals surface area contributed by atoms with Crippen LogP contribution in [0.5, 0.6) is 5.75 Å². The molecule has 0 unspecified atom stereocenters. The third-order valence-corrected chi connectivity index (χ3v) is 5.60. The van der Waals surface area contributed by atoms with Crippen molar-refractivity contribution in [3.8, 4) is 5.75 Å². The molecule has 1 aliphatic rings. The van der Waals surface area contributed by atoms with Crippen molar-refractivity contribution in [2.24, 2.45) is 5.92 Å². The molecule has 152 valence electrons. The lowest BCUT2D eigenvalue weighted by atomic mass is 10.1. The van der Waals surface area contributed by atoms with Gasteiger partial charge in [-0.3, -0.25) is 9.59 Å². The van der Waals surface area contributed by atoms with Crippen LogP contribution in [-0.2, 0) is 16.0 Å². The number of hydrogen-bond donors (Lipinski definition) is 0. The zero-order chi connectivity index (χ0) is 21.1. The molecule has 30 heavy (non-hydrogen) atoms. The molecular formula is C24H19Cl2NO3. The van der Waals surface area contributed by atoms with Crippen LogP contribution < -0.4 is 9.64 Å². The highest BCUT2D eigenvalue weighted by molar-refractivity contribution is 6.35. The van der Waals surface area contributed by atoms with E-state index in [4.69, 9.17) is 27.9 Å². The van der Waals surface area contributed by atoms with Gasteiger partial charge in [0.1, 0.15) is 5.75 Å². The lowest BCUT2D eigenvalue weighted by Gasteiger charge is -2.18. The summed E-state index contributed by atoms with van der Waals surface area (Å²) in [5.74, 6) is -0.709. The van der Waals surface area contributed by atoms with E-state index < -0.39 is 11.9 Å². The molecule has 4 nitrogen and oxygen atoms in total. The molecule has 1 fully saturated rings. The summed E-state index contributed by atoms with van der Waals surface area (Å²) in [5.41, 5.74) is 2.85. The average molecular weight is 440 g/mol. The number of anilines is 1. The number of amides is 1. The van der Waals surface area contributed by atoms with Gasteiger partial charge in [-0.2, -0.15) is 0 Å². The van der Waals surface area contributed by atoms with Crippen LogP contribution in [0.1, 0.15) is 17.5 Å². The van der Waals surface area contributed by atoms with Gasteiger partial charge in [0.2, 0.25) is 5.91 Å². The number of hydrogen-bond acceptors (Lipinski definition) is 3. The minimum Gasteiger partial charge on any atom is -0.426 e. The molecule has 1 saturated heterocycles. The first-order valence-electron chi connectivity index (χ1n) is 9.59. The van der Waals surface area contributed by atoms with E-state index in [0.717, 1.165) is 12.0 Å². The van der Waals surface area contributed by atoms with Crippen LogP contribution in [0.3, 0.4) is 0 Å². The molecule has 1 amide bonds. The molecule has 3 aromatic carbocycles. The predicted molar refractivity (Wildman–Crippen MR) is 118 cm³/mol. The Balaban J connectivity index is 1.39. The highest BCUT2D eigenvalue weighted by Gasteiger charge is 2.37. The van der Waals surface area contributed by atoms with E-state index in [-0.39, 0.29) is 18.9 Å². The van der Waals surface area contributed by atoms with Crippen LogP contribution >= 0.6 is 23.2 Å². The lowest BCUT2D eigenvalue weighted by Crippen LogP contribution is -2.27. The molecule has 4 rings (SSSR count). The third-order valence-electron chi connectivity index (χ3n) is 5.05. The minimum absolute atomic E-state index is 0.0771. The molecule has 1 heterocycles. The first-order chi connectivity index (χ1) is 14.5. The topological polar surface area (TPSA) is 46.6 Å². The molecule has 0 spiro atoms. The molecule has 6 heteroatoms. The molecule has 1 aliphatic heterocycles. The monoisotopic (exact) mass is 439 g/mol. The maximum absolute atomic E-state index is 12.6. The van der Waals surface area contributed by atoms with Crippen LogP contribution in [0, 0.1) is 5.92 Å². The molecule has 0 bridgehead atoms. The van der Waals surface area contributed by atoms with Gasteiger partial charge in [-0.15, -0.1) is 0 Å². The fourth-order valence-corrected chi connectivity index (χ4v) is 3.88. The third kappa shape index (κ3) is 4.66. The number of halogens is 2. The van der Waals surface area contributed by atoms with Gasteiger partial charge in [-0.05, 0) is 47.9 Å². The summed E-state index contributed by atoms with van der Waals surface area (Å²) in [6, 6.07) is 22.5. The summed E-state index contributed by atoms with van der Waals surface area (Å²) in [6.45, 7) is 0.212. The molecule has 0 aliphatic carbocycles. The summed E-state index contributed by atoms with van der Waals surface area (Å²) < 4.78 is 5.51. The van der Waals surface area contributed by atoms with Gasteiger partial charge >= 0.3 is 5.97 Å². The number of rotatable bonds is 5. The SMILES string of the molecule is O=C(Oc1ccc(Cc2ccccc2)cc1)[C@H]1CC(=O)N(c2cc(Cl)ccc2Cl)C1. The maximum Gasteiger partial charge on any atom is 0.316 e. The average Bonchev–Trinajstić information content (AvgIpc) is 3.14. The van der Waals surface area contributed by atoms with Crippen molar-refractivity contribution in [3.63, 3.8) is 0 Å². The second kappa shape index (κ2) is 8.90. The summed E-state index contributed by atoms with van der Waals surface area (Å²) in [7, 11) is 0. The predicted octanol–water partition coefficient (Wildman–Crippen LogP) is 5.54. The van der Waals surface area contributed by atoms with E-state index >= 15 is 0 Å². The van der Waals surface area contributed by atoms with Crippen LogP contribution in [0.25, 0.3) is 0 Å². The van der Waals surface area contributed by atoms with E-state index in [1.54, 1.807) is 30.3 Å². The maximum atomic E-state index is 12.6. The van der Waals surface area contributed by atoms with Crippen molar-refractivity contribution in [1.29, 1.82) is 0 Å². The van der Waals surface area contributed by atoms with E-state index in [1.807, 2.05) is 30.3 Å². The fraction of sp³-hybridized carbons (Fsp3) is 0.167. The molecule has 1 atom stereocenters. The van der Waals surface area contributed by atoms with Gasteiger partial charge in [0.05, 0.1) is 16.6 Å². The number of benzene rings is 3. The van der Waals surface area contributed by atoms with Crippen LogP contribution in [0.4, 0.5) is 5.69 Å². The van der Waals surface area contributed by atoms with Gasteiger partial charge in [0.15, 0.2) is 0 Å². The first-order valence-corrected chi connectivity index (χ1v) is 10.3. The molecule has 3 aromatic rings. The Morgan fingerprint density at radius 3 is 2.40 bits per heavy atom. The van der Waals surface area contributed by atoms with Crippen molar-refractivity contribution >= 4 is 40.8 Å². The van der Waals surface area contributed by atoms with Crippen molar-refractivity contribution in [2.75, 3.05) is 11.4 Å². The molecule has 0 radical (unpaired) electrons. The molecule has 0 aromatic heterocycles. The Kier molecular flexibility index (Phi) is 6.07. The zero-order valence-electron chi connectivity index (χ0n) is 16.1. The number of carbonyl (C=O) groups is 2. The Hall–Kier alpha value is -2.82. The van der Waals surface area contributed by atoms with E-state index in [2.05, 4.69) is 12.1 Å². The van der Waals surface area contributed by atoms with Crippen LogP contribution in [-0.4, -0.2) is 18.4 Å². The van der Waals surface area contributed by atoms with Crippen molar-refractivity contribution in [3.05, 3.63) is 94.0 Å². The second-order valence-corrected chi connectivity index (χ2v) is 8.07. The van der Waals surface area contributed by atoms with Crippen LogP contribution in [0.15, 0.2) is 72.8 Å². The zero-order valence-corrected chi connectivity index (χ0v) is 17.6. The van der Waals surface area contributed by atoms with Crippen molar-refractivity contribution in [1.82, 2.24) is 0 Å². The van der Waals surface area contributed by atoms with E-state index in [1.165, 1.54) is 10.5 Å². The minimum atomic E-state index is -0.559. The smallest absolute Gasteiger partial charge is 0.316 e. The quantitative estimate of drug-likeness (QED) is 0.387. The Morgan fingerprint density at radius 1 is 0.967 bits per heavy atom. The standard InChI is InChI=1S/C24H19Cl2NO3/c25-19-8-11-21(26)22(14-19)27-15-18(13-23(27)28)24(29)30-20-9-6-17(7-10-20)12-16-4-2-1-3-5-16/h1-11,14,18H,12-13,15H2/t18-/m0/s1. The van der Waals surface area contributed by atoms with Gasteiger partial charge in [-0.1, -0.05) is 65.7 Å². The molecular weight excluding hydrogens is 421 g/mol. The van der Waals surface area contributed by atoms with Gasteiger partial charge in [0.25, 0.3) is 0 Å². The summed E-state index contributed by atoms with van der Waals surface area (Å²) in [6.07, 6.45) is 0.884. The van der Waals surface area contributed by atoms with E-state index in [9.17, 15) is 9.59 Å². The Bertz CT molecular complexity index is 1070. The number of carbonyl (C=O) groups excluding carboxylic acids is 2. The van der Waals surface area contributed by atoms with Crippen LogP contribution in [0.2, 0.25) is 10.0 Å². The summed E-state index contributed by atoms with van der Waals surface area (Å²) >= 11 is 12.2. The summed E-state index contributed by atoms with van der Waals surface area (Å²) in [5, 5.41) is 0.889. The largest absolute Gasteiger partial charge is 0.426 e. The summed E-state index contributed by atoms with van der Waals surface area (Å²) in [4.78, 5) is 26.5. The van der Waals surface area contributed by atoms with Gasteiger partial charge < -0.3 is 9.64 Å². The highest BCUT2D eigenvalue weighted by atomic mass is 35.5. The van der Waals surface area contributed by atoms with E-state index in [0.29, 0.717) is 21.5 Å². The van der Waals surface area contributed by atoms with Gasteiger partial charge in [-0.25, -0.2) is 0 Å². The number of esters is 1. The van der Waals surface area contributed by atoms with Crippen molar-refractivity contribution < 1.29 is 14.3 Å². The normalized spacial score (nSPS) is 16.0. The Labute approximate surface area is 185 Å². The van der Waals surface area contributed by atoms with Crippen molar-refractivity contribution in [2.45, 2.75) is 12.8 Å². The lowest BCUT2D eigenvalue weighted by molar-refractivity contribution is -0.139. The second-order valence-electron chi connectivity index (χ2n) is 7.23. The number of ether oxygens (including phenoxy) is 1. The fourth-order valence-electron chi connectivity index (χ4n) is 3.50. The van der Waals surface area contributed by atoms with Gasteiger partial charge in [0, 0.05) is 18.0 Å². The molecule has 0 saturated carbocycles. The highest BCUT2D eigenvalue weighted by Crippen LogP contribution is 2.34. The first kappa shape index (κ1) is 20.5. The Morgan fingerprint density at radius 2 is 1.67 bits per heavy atom. The molecule has 0 N–H and O–H groups in total.